The van der Waals surface area contributed by atoms with Crippen molar-refractivity contribution in [2.45, 2.75) is 46.4 Å². The fraction of sp³-hybridized carbons (Fsp3) is 0.714. The van der Waals surface area contributed by atoms with Crippen molar-refractivity contribution in [2.75, 3.05) is 6.61 Å². The Kier molecular flexibility index (Phi) is 3.01. The highest BCUT2D eigenvalue weighted by Crippen LogP contribution is 2.44. The van der Waals surface area contributed by atoms with E-state index in [2.05, 4.69) is 0 Å². The summed E-state index contributed by atoms with van der Waals surface area (Å²) in [6, 6.07) is 0. The van der Waals surface area contributed by atoms with Crippen LogP contribution in [0.2, 0.25) is 0 Å². The first-order chi connectivity index (χ1) is 8.62. The maximum absolute atomic E-state index is 12.5. The van der Waals surface area contributed by atoms with Crippen LogP contribution < -0.4 is 0 Å². The van der Waals surface area contributed by atoms with Crippen molar-refractivity contribution in [3.05, 3.63) is 11.8 Å². The lowest BCUT2D eigenvalue weighted by atomic mass is 9.85. The Labute approximate surface area is 113 Å². The van der Waals surface area contributed by atoms with E-state index in [4.69, 9.17) is 4.74 Å². The van der Waals surface area contributed by atoms with Gasteiger partial charge in [0.1, 0.15) is 12.0 Å². The van der Waals surface area contributed by atoms with Crippen molar-refractivity contribution in [1.82, 2.24) is 4.90 Å². The van der Waals surface area contributed by atoms with E-state index in [1.54, 1.807) is 13.8 Å². The molecule has 0 aliphatic carbocycles. The van der Waals surface area contributed by atoms with Crippen molar-refractivity contribution >= 4 is 11.7 Å². The molecule has 0 bridgehead atoms. The zero-order chi connectivity index (χ0) is 14.6. The van der Waals surface area contributed by atoms with Gasteiger partial charge in [-0.15, -0.1) is 0 Å². The summed E-state index contributed by atoms with van der Waals surface area (Å²) in [6.45, 7) is 9.37. The predicted molar refractivity (Wildman–Crippen MR) is 69.3 cm³/mol. The summed E-state index contributed by atoms with van der Waals surface area (Å²) >= 11 is 0. The van der Waals surface area contributed by atoms with Crippen LogP contribution in [0.25, 0.3) is 0 Å². The molecule has 1 saturated heterocycles. The van der Waals surface area contributed by atoms with Crippen molar-refractivity contribution < 1.29 is 19.4 Å². The molecule has 1 amide bonds. The van der Waals surface area contributed by atoms with Gasteiger partial charge in [0.25, 0.3) is 5.91 Å². The highest BCUT2D eigenvalue weighted by molar-refractivity contribution is 6.04. The second-order valence-corrected chi connectivity index (χ2v) is 6.65. The highest BCUT2D eigenvalue weighted by Gasteiger charge is 2.63. The highest BCUT2D eigenvalue weighted by atomic mass is 16.5. The first-order valence-corrected chi connectivity index (χ1v) is 6.52. The summed E-state index contributed by atoms with van der Waals surface area (Å²) in [5, 5.41) is 10.1. The molecule has 0 aromatic rings. The molecular weight excluding hydrogens is 246 g/mol. The summed E-state index contributed by atoms with van der Waals surface area (Å²) in [5.41, 5.74) is -1.64. The molecule has 2 atom stereocenters. The normalized spacial score (nSPS) is 30.8. The van der Waals surface area contributed by atoms with Crippen molar-refractivity contribution in [2.24, 2.45) is 11.3 Å². The molecule has 2 heterocycles. The molecule has 0 unspecified atom stereocenters. The van der Waals surface area contributed by atoms with Crippen LogP contribution in [-0.2, 0) is 14.3 Å². The van der Waals surface area contributed by atoms with E-state index in [-0.39, 0.29) is 35.4 Å². The fourth-order valence-corrected chi connectivity index (χ4v) is 2.78. The van der Waals surface area contributed by atoms with E-state index >= 15 is 0 Å². The minimum atomic E-state index is -1.32. The molecule has 106 valence electrons. The van der Waals surface area contributed by atoms with Crippen molar-refractivity contribution in [1.29, 1.82) is 0 Å². The Bertz CT molecular complexity index is 461. The maximum atomic E-state index is 12.5. The largest absolute Gasteiger partial charge is 0.509 e. The third-order valence-electron chi connectivity index (χ3n) is 3.69. The molecule has 0 aromatic carbocycles. The van der Waals surface area contributed by atoms with Gasteiger partial charge in [0.05, 0.1) is 6.61 Å². The maximum Gasteiger partial charge on any atom is 0.253 e. The van der Waals surface area contributed by atoms with Crippen molar-refractivity contribution in [3.63, 3.8) is 0 Å². The number of aliphatic hydroxyl groups is 1. The van der Waals surface area contributed by atoms with Crippen LogP contribution >= 0.6 is 0 Å². The second-order valence-electron chi connectivity index (χ2n) is 6.65. The second kappa shape index (κ2) is 4.07. The molecule has 5 nitrogen and oxygen atoms in total. The average molecular weight is 267 g/mol. The van der Waals surface area contributed by atoms with Gasteiger partial charge in [0.15, 0.2) is 11.3 Å². The molecule has 1 N–H and O–H groups in total. The lowest BCUT2D eigenvalue weighted by Gasteiger charge is -2.37. The molecule has 2 rings (SSSR count). The molecule has 0 radical (unpaired) electrons. The number of ketones is 1. The van der Waals surface area contributed by atoms with Gasteiger partial charge < -0.3 is 9.84 Å². The summed E-state index contributed by atoms with van der Waals surface area (Å²) in [5.74, 6) is -1.02. The van der Waals surface area contributed by atoms with Crippen molar-refractivity contribution in [3.8, 4) is 0 Å². The SMILES string of the molecule is CC(C)C(=O)[C@]12CO[C@H](C(C)(C)C)N1C(=O)C=C2O. The van der Waals surface area contributed by atoms with Gasteiger partial charge in [-0.1, -0.05) is 34.6 Å². The fourth-order valence-electron chi connectivity index (χ4n) is 2.78. The van der Waals surface area contributed by atoms with E-state index in [0.29, 0.717) is 0 Å². The van der Waals surface area contributed by atoms with E-state index in [0.717, 1.165) is 6.08 Å². The van der Waals surface area contributed by atoms with Gasteiger partial charge in [-0.05, 0) is 0 Å². The molecular formula is C14H21NO4. The standard InChI is InChI=1S/C14H21NO4/c1-8(2)11(18)14-7-19-12(13(3,4)5)15(14)10(17)6-9(14)16/h6,8,12,16H,7H2,1-5H3/t12-,14-/m1/s1. The van der Waals surface area contributed by atoms with Crippen LogP contribution in [-0.4, -0.2) is 40.1 Å². The monoisotopic (exact) mass is 267 g/mol. The summed E-state index contributed by atoms with van der Waals surface area (Å²) < 4.78 is 5.68. The Balaban J connectivity index is 2.50. The van der Waals surface area contributed by atoms with E-state index < -0.39 is 11.8 Å². The molecule has 0 aromatic heterocycles. The average Bonchev–Trinajstić information content (AvgIpc) is 2.76. The Morgan fingerprint density at radius 3 is 2.58 bits per heavy atom. The quantitative estimate of drug-likeness (QED) is 0.826. The minimum Gasteiger partial charge on any atom is -0.509 e. The van der Waals surface area contributed by atoms with Gasteiger partial charge in [-0.25, -0.2) is 0 Å². The molecule has 19 heavy (non-hydrogen) atoms. The van der Waals surface area contributed by atoms with Crippen LogP contribution in [0.1, 0.15) is 34.6 Å². The number of rotatable bonds is 2. The molecule has 1 fully saturated rings. The molecule has 0 spiro atoms. The third kappa shape index (κ3) is 1.79. The number of carbonyl (C=O) groups is 2. The number of ether oxygens (including phenoxy) is 1. The Morgan fingerprint density at radius 2 is 2.11 bits per heavy atom. The van der Waals surface area contributed by atoms with E-state index in [1.807, 2.05) is 20.8 Å². The Morgan fingerprint density at radius 1 is 1.53 bits per heavy atom. The zero-order valence-electron chi connectivity index (χ0n) is 12.1. The molecule has 0 saturated carbocycles. The van der Waals surface area contributed by atoms with Gasteiger partial charge in [-0.2, -0.15) is 0 Å². The number of nitrogens with zero attached hydrogens (tertiary/aromatic N) is 1. The Hall–Kier alpha value is -1.36. The summed E-state index contributed by atoms with van der Waals surface area (Å²) in [4.78, 5) is 26.0. The number of hydrogen-bond acceptors (Lipinski definition) is 4. The molecule has 2 aliphatic heterocycles. The zero-order valence-corrected chi connectivity index (χ0v) is 12.1. The molecule has 2 aliphatic rings. The first kappa shape index (κ1) is 14.1. The van der Waals surface area contributed by atoms with Gasteiger partial charge in [-0.3, -0.25) is 14.5 Å². The van der Waals surface area contributed by atoms with Crippen LogP contribution in [0, 0.1) is 11.3 Å². The first-order valence-electron chi connectivity index (χ1n) is 6.52. The van der Waals surface area contributed by atoms with Crippen LogP contribution in [0.15, 0.2) is 11.8 Å². The van der Waals surface area contributed by atoms with Gasteiger partial charge >= 0.3 is 0 Å². The van der Waals surface area contributed by atoms with Crippen LogP contribution in [0.4, 0.5) is 0 Å². The van der Waals surface area contributed by atoms with Gasteiger partial charge in [0.2, 0.25) is 0 Å². The lowest BCUT2D eigenvalue weighted by Crippen LogP contribution is -2.57. The van der Waals surface area contributed by atoms with E-state index in [9.17, 15) is 14.7 Å². The lowest BCUT2D eigenvalue weighted by molar-refractivity contribution is -0.146. The number of carbonyl (C=O) groups excluding carboxylic acids is 2. The van der Waals surface area contributed by atoms with Crippen LogP contribution in [0.5, 0.6) is 0 Å². The summed E-state index contributed by atoms with van der Waals surface area (Å²) in [6.07, 6.45) is 0.630. The molecule has 5 heteroatoms. The van der Waals surface area contributed by atoms with Crippen LogP contribution in [0.3, 0.4) is 0 Å². The number of fused-ring (bicyclic) bond motifs is 1. The van der Waals surface area contributed by atoms with Gasteiger partial charge in [0, 0.05) is 17.4 Å². The number of aliphatic hydroxyl groups excluding tert-OH is 1. The minimum absolute atomic E-state index is 0.0278. The topological polar surface area (TPSA) is 66.8 Å². The summed E-state index contributed by atoms with van der Waals surface area (Å²) in [7, 11) is 0. The third-order valence-corrected chi connectivity index (χ3v) is 3.69. The number of amides is 1. The predicted octanol–water partition coefficient (Wildman–Crippen LogP) is 1.64. The number of hydrogen-bond donors (Lipinski definition) is 1. The number of Topliss-reactive ketones (excluding diaryl/α,β-unsaturated/α-hetero) is 1. The smallest absolute Gasteiger partial charge is 0.253 e. The van der Waals surface area contributed by atoms with E-state index in [1.165, 1.54) is 4.90 Å².